The van der Waals surface area contributed by atoms with Crippen LogP contribution in [-0.2, 0) is 6.42 Å². The number of pyridine rings is 1. The highest BCUT2D eigenvalue weighted by Gasteiger charge is 2.26. The molecule has 0 saturated heterocycles. The lowest BCUT2D eigenvalue weighted by atomic mass is 10.0. The molecular weight excluding hydrogens is 230 g/mol. The molecule has 1 aliphatic carbocycles. The number of fused-ring (bicyclic) bond motifs is 1. The second-order valence-electron chi connectivity index (χ2n) is 4.38. The Morgan fingerprint density at radius 2 is 2.41 bits per heavy atom. The highest BCUT2D eigenvalue weighted by Crippen LogP contribution is 2.40. The number of rotatable bonds is 3. The molecule has 2 N–H and O–H groups in total. The molecule has 1 unspecified atom stereocenters. The van der Waals surface area contributed by atoms with Crippen LogP contribution >= 0.6 is 11.3 Å². The summed E-state index contributed by atoms with van der Waals surface area (Å²) in [6, 6.07) is 4.03. The summed E-state index contributed by atoms with van der Waals surface area (Å²) in [4.78, 5) is 10.4. The summed E-state index contributed by atoms with van der Waals surface area (Å²) in [5, 5.41) is 1.10. The van der Waals surface area contributed by atoms with Gasteiger partial charge < -0.3 is 5.73 Å². The van der Waals surface area contributed by atoms with Gasteiger partial charge in [-0.15, -0.1) is 11.3 Å². The molecule has 2 aromatic rings. The molecular formula is C13H15N3S. The van der Waals surface area contributed by atoms with Gasteiger partial charge in [0.15, 0.2) is 0 Å². The molecule has 4 heteroatoms. The summed E-state index contributed by atoms with van der Waals surface area (Å²) >= 11 is 1.81. The zero-order valence-corrected chi connectivity index (χ0v) is 10.4. The molecule has 17 heavy (non-hydrogen) atoms. The molecule has 0 fully saturated rings. The van der Waals surface area contributed by atoms with Gasteiger partial charge >= 0.3 is 0 Å². The van der Waals surface area contributed by atoms with Crippen LogP contribution in [0.3, 0.4) is 0 Å². The lowest BCUT2D eigenvalue weighted by Crippen LogP contribution is -2.05. The lowest BCUT2D eigenvalue weighted by molar-refractivity contribution is 0.616. The van der Waals surface area contributed by atoms with Crippen LogP contribution in [0.5, 0.6) is 0 Å². The predicted molar refractivity (Wildman–Crippen MR) is 70.1 cm³/mol. The number of nitrogens with zero attached hydrogens (tertiary/aromatic N) is 2. The van der Waals surface area contributed by atoms with E-state index >= 15 is 0 Å². The number of thiazole rings is 1. The minimum absolute atomic E-state index is 0.580. The monoisotopic (exact) mass is 245 g/mol. The minimum atomic E-state index is 0.580. The van der Waals surface area contributed by atoms with Gasteiger partial charge in [0, 0.05) is 28.8 Å². The summed E-state index contributed by atoms with van der Waals surface area (Å²) in [7, 11) is 0. The van der Waals surface area contributed by atoms with Gasteiger partial charge in [-0.2, -0.15) is 0 Å². The van der Waals surface area contributed by atoms with E-state index in [4.69, 9.17) is 10.7 Å². The van der Waals surface area contributed by atoms with Crippen molar-refractivity contribution in [2.75, 3.05) is 6.54 Å². The smallest absolute Gasteiger partial charge is 0.125 e. The minimum Gasteiger partial charge on any atom is -0.330 e. The van der Waals surface area contributed by atoms with Crippen LogP contribution < -0.4 is 5.73 Å². The zero-order chi connectivity index (χ0) is 11.7. The van der Waals surface area contributed by atoms with E-state index in [1.54, 1.807) is 6.20 Å². The molecule has 0 saturated carbocycles. The first-order chi connectivity index (χ1) is 8.38. The molecule has 3 rings (SSSR count). The van der Waals surface area contributed by atoms with Gasteiger partial charge in [-0.05, 0) is 37.9 Å². The van der Waals surface area contributed by atoms with Gasteiger partial charge in [0.1, 0.15) is 5.01 Å². The van der Waals surface area contributed by atoms with Crippen molar-refractivity contribution in [3.05, 3.63) is 35.1 Å². The van der Waals surface area contributed by atoms with Crippen molar-refractivity contribution >= 4 is 11.3 Å². The van der Waals surface area contributed by atoms with Crippen molar-refractivity contribution in [1.29, 1.82) is 0 Å². The molecule has 0 radical (unpaired) electrons. The van der Waals surface area contributed by atoms with Crippen molar-refractivity contribution in [3.8, 4) is 10.6 Å². The fraction of sp³-hybridized carbons (Fsp3) is 0.385. The van der Waals surface area contributed by atoms with Gasteiger partial charge in [0.25, 0.3) is 0 Å². The van der Waals surface area contributed by atoms with Gasteiger partial charge in [0.2, 0.25) is 0 Å². The lowest BCUT2D eigenvalue weighted by Gasteiger charge is -2.06. The number of nitrogens with two attached hydrogens (primary N) is 1. The van der Waals surface area contributed by atoms with E-state index in [1.807, 2.05) is 23.6 Å². The molecule has 1 aliphatic rings. The second kappa shape index (κ2) is 4.55. The third-order valence-electron chi connectivity index (χ3n) is 3.26. The van der Waals surface area contributed by atoms with Gasteiger partial charge in [-0.25, -0.2) is 4.98 Å². The van der Waals surface area contributed by atoms with E-state index in [9.17, 15) is 0 Å². The van der Waals surface area contributed by atoms with E-state index in [1.165, 1.54) is 17.0 Å². The normalized spacial score (nSPS) is 18.3. The van der Waals surface area contributed by atoms with Crippen LogP contribution in [-0.4, -0.2) is 16.5 Å². The summed E-state index contributed by atoms with van der Waals surface area (Å²) in [5.41, 5.74) is 8.06. The number of aromatic nitrogens is 2. The largest absolute Gasteiger partial charge is 0.330 e. The quantitative estimate of drug-likeness (QED) is 0.904. The summed E-state index contributed by atoms with van der Waals surface area (Å²) < 4.78 is 0. The summed E-state index contributed by atoms with van der Waals surface area (Å²) in [6.45, 7) is 0.754. The second-order valence-corrected chi connectivity index (χ2v) is 5.47. The van der Waals surface area contributed by atoms with Crippen molar-refractivity contribution < 1.29 is 0 Å². The third-order valence-corrected chi connectivity index (χ3v) is 4.44. The van der Waals surface area contributed by atoms with E-state index < -0.39 is 0 Å². The third kappa shape index (κ3) is 1.98. The van der Waals surface area contributed by atoms with Crippen LogP contribution in [0.15, 0.2) is 24.5 Å². The zero-order valence-electron chi connectivity index (χ0n) is 9.60. The standard InChI is InChI=1S/C13H15N3S/c14-6-5-9-3-4-11-12(9)16-13(17-11)10-2-1-7-15-8-10/h1-2,7-9H,3-6,14H2. The molecule has 0 aromatic carbocycles. The van der Waals surface area contributed by atoms with Crippen molar-refractivity contribution in [2.24, 2.45) is 5.73 Å². The summed E-state index contributed by atoms with van der Waals surface area (Å²) in [5.74, 6) is 0.580. The SMILES string of the molecule is NCCC1CCc2sc(-c3cccnc3)nc21. The van der Waals surface area contributed by atoms with Gasteiger partial charge in [0.05, 0.1) is 5.69 Å². The van der Waals surface area contributed by atoms with Gasteiger partial charge in [-0.3, -0.25) is 4.98 Å². The topological polar surface area (TPSA) is 51.8 Å². The van der Waals surface area contributed by atoms with Crippen LogP contribution in [0.1, 0.15) is 29.3 Å². The van der Waals surface area contributed by atoms with Crippen LogP contribution in [0.25, 0.3) is 10.6 Å². The molecule has 2 heterocycles. The Kier molecular flexibility index (Phi) is 2.91. The Morgan fingerprint density at radius 1 is 1.47 bits per heavy atom. The fourth-order valence-electron chi connectivity index (χ4n) is 2.40. The number of hydrogen-bond acceptors (Lipinski definition) is 4. The molecule has 0 amide bonds. The predicted octanol–water partition coefficient (Wildman–Crippen LogP) is 2.58. The maximum atomic E-state index is 5.65. The first-order valence-electron chi connectivity index (χ1n) is 5.98. The van der Waals surface area contributed by atoms with E-state index in [0.717, 1.165) is 30.0 Å². The molecule has 0 aliphatic heterocycles. The maximum absolute atomic E-state index is 5.65. The fourth-order valence-corrected chi connectivity index (χ4v) is 3.55. The average molecular weight is 245 g/mol. The molecule has 88 valence electrons. The van der Waals surface area contributed by atoms with Crippen LogP contribution in [0.4, 0.5) is 0 Å². The number of aryl methyl sites for hydroxylation is 1. The Balaban J connectivity index is 1.93. The van der Waals surface area contributed by atoms with E-state index in [-0.39, 0.29) is 0 Å². The Bertz CT molecular complexity index is 507. The highest BCUT2D eigenvalue weighted by molar-refractivity contribution is 7.15. The maximum Gasteiger partial charge on any atom is 0.125 e. The molecule has 0 spiro atoms. The highest BCUT2D eigenvalue weighted by atomic mass is 32.1. The Hall–Kier alpha value is -1.26. The molecule has 0 bridgehead atoms. The van der Waals surface area contributed by atoms with Crippen LogP contribution in [0, 0.1) is 0 Å². The number of hydrogen-bond donors (Lipinski definition) is 1. The molecule has 2 aromatic heterocycles. The van der Waals surface area contributed by atoms with Crippen molar-refractivity contribution in [2.45, 2.75) is 25.2 Å². The Morgan fingerprint density at radius 3 is 3.18 bits per heavy atom. The average Bonchev–Trinajstić information content (AvgIpc) is 2.93. The Labute approximate surface area is 105 Å². The van der Waals surface area contributed by atoms with E-state index in [2.05, 4.69) is 11.1 Å². The first kappa shape index (κ1) is 10.9. The summed E-state index contributed by atoms with van der Waals surface area (Å²) in [6.07, 6.45) is 7.12. The van der Waals surface area contributed by atoms with Crippen molar-refractivity contribution in [3.63, 3.8) is 0 Å². The first-order valence-corrected chi connectivity index (χ1v) is 6.80. The van der Waals surface area contributed by atoms with Gasteiger partial charge in [-0.1, -0.05) is 0 Å². The molecule has 1 atom stereocenters. The van der Waals surface area contributed by atoms with Crippen LogP contribution in [0.2, 0.25) is 0 Å². The van der Waals surface area contributed by atoms with E-state index in [0.29, 0.717) is 5.92 Å². The van der Waals surface area contributed by atoms with Crippen molar-refractivity contribution in [1.82, 2.24) is 9.97 Å². The molecule has 3 nitrogen and oxygen atoms in total.